The van der Waals surface area contributed by atoms with Crippen molar-refractivity contribution >= 4 is 0 Å². The third-order valence-electron chi connectivity index (χ3n) is 3.75. The van der Waals surface area contributed by atoms with Gasteiger partial charge in [0, 0.05) is 11.1 Å². The monoisotopic (exact) mass is 290 g/mol. The van der Waals surface area contributed by atoms with Crippen LogP contribution in [0.25, 0.3) is 22.3 Å². The molecule has 0 aliphatic rings. The molecule has 22 heavy (non-hydrogen) atoms. The van der Waals surface area contributed by atoms with Gasteiger partial charge >= 0.3 is 0 Å². The van der Waals surface area contributed by atoms with Gasteiger partial charge in [0.25, 0.3) is 0 Å². The number of aromatic hydroxyl groups is 1. The fraction of sp³-hybridized carbons (Fsp3) is 0.100. The Morgan fingerprint density at radius 2 is 1.36 bits per heavy atom. The molecule has 0 radical (unpaired) electrons. The van der Waals surface area contributed by atoms with Crippen molar-refractivity contribution in [3.8, 4) is 33.8 Å². The molecule has 0 fully saturated rings. The lowest BCUT2D eigenvalue weighted by molar-refractivity contribution is 0.415. The van der Waals surface area contributed by atoms with Gasteiger partial charge in [0.1, 0.15) is 11.5 Å². The molecule has 0 saturated carbocycles. The first-order valence-electron chi connectivity index (χ1n) is 7.22. The average molecular weight is 290 g/mol. The van der Waals surface area contributed by atoms with Gasteiger partial charge in [-0.05, 0) is 30.2 Å². The SMILES string of the molecule is COc1cccc(-c2cccc(-c3cccc(C)c3)c2O)c1. The van der Waals surface area contributed by atoms with E-state index in [1.54, 1.807) is 7.11 Å². The molecule has 0 bridgehead atoms. The minimum Gasteiger partial charge on any atom is -0.507 e. The van der Waals surface area contributed by atoms with E-state index in [0.717, 1.165) is 28.0 Å². The normalized spacial score (nSPS) is 10.5. The van der Waals surface area contributed by atoms with Crippen LogP contribution in [-0.2, 0) is 0 Å². The van der Waals surface area contributed by atoms with E-state index in [9.17, 15) is 5.11 Å². The summed E-state index contributed by atoms with van der Waals surface area (Å²) < 4.78 is 5.27. The first kappa shape index (κ1) is 14.2. The number of methoxy groups -OCH3 is 1. The van der Waals surface area contributed by atoms with Gasteiger partial charge in [-0.3, -0.25) is 0 Å². The van der Waals surface area contributed by atoms with E-state index in [4.69, 9.17) is 4.74 Å². The van der Waals surface area contributed by atoms with E-state index >= 15 is 0 Å². The lowest BCUT2D eigenvalue weighted by atomic mass is 9.96. The molecule has 3 rings (SSSR count). The summed E-state index contributed by atoms with van der Waals surface area (Å²) in [6, 6.07) is 21.7. The molecular weight excluding hydrogens is 272 g/mol. The Kier molecular flexibility index (Phi) is 3.84. The third-order valence-corrected chi connectivity index (χ3v) is 3.75. The Labute approximate surface area is 130 Å². The molecule has 2 heteroatoms. The zero-order valence-corrected chi connectivity index (χ0v) is 12.7. The molecule has 3 aromatic rings. The van der Waals surface area contributed by atoms with E-state index in [0.29, 0.717) is 5.75 Å². The van der Waals surface area contributed by atoms with Crippen molar-refractivity contribution < 1.29 is 9.84 Å². The van der Waals surface area contributed by atoms with Crippen molar-refractivity contribution in [2.24, 2.45) is 0 Å². The zero-order valence-electron chi connectivity index (χ0n) is 12.7. The summed E-state index contributed by atoms with van der Waals surface area (Å²) in [7, 11) is 1.64. The predicted octanol–water partition coefficient (Wildman–Crippen LogP) is 5.04. The summed E-state index contributed by atoms with van der Waals surface area (Å²) in [5.74, 6) is 1.07. The van der Waals surface area contributed by atoms with Crippen LogP contribution in [0.3, 0.4) is 0 Å². The van der Waals surface area contributed by atoms with Crippen LogP contribution in [0.5, 0.6) is 11.5 Å². The number of phenols is 1. The standard InChI is InChI=1S/C20H18O2/c1-14-6-3-7-15(12-14)18-10-5-11-19(20(18)21)16-8-4-9-17(13-16)22-2/h3-13,21H,1-2H3. The highest BCUT2D eigenvalue weighted by atomic mass is 16.5. The van der Waals surface area contributed by atoms with E-state index in [1.165, 1.54) is 5.56 Å². The molecule has 0 aliphatic heterocycles. The van der Waals surface area contributed by atoms with Gasteiger partial charge in [-0.15, -0.1) is 0 Å². The topological polar surface area (TPSA) is 29.5 Å². The van der Waals surface area contributed by atoms with Crippen LogP contribution in [0.15, 0.2) is 66.7 Å². The van der Waals surface area contributed by atoms with Crippen molar-refractivity contribution in [1.29, 1.82) is 0 Å². The molecular formula is C20H18O2. The van der Waals surface area contributed by atoms with E-state index in [-0.39, 0.29) is 0 Å². The van der Waals surface area contributed by atoms with Crippen LogP contribution in [0.1, 0.15) is 5.56 Å². The maximum absolute atomic E-state index is 10.7. The maximum Gasteiger partial charge on any atom is 0.131 e. The number of aryl methyl sites for hydroxylation is 1. The minimum absolute atomic E-state index is 0.293. The number of hydrogen-bond donors (Lipinski definition) is 1. The van der Waals surface area contributed by atoms with Crippen molar-refractivity contribution in [3.05, 3.63) is 72.3 Å². The quantitative estimate of drug-likeness (QED) is 0.732. The fourth-order valence-corrected chi connectivity index (χ4v) is 2.61. The van der Waals surface area contributed by atoms with Crippen molar-refractivity contribution in [2.45, 2.75) is 6.92 Å². The lowest BCUT2D eigenvalue weighted by Crippen LogP contribution is -1.87. The van der Waals surface area contributed by atoms with Gasteiger partial charge in [0.15, 0.2) is 0 Å². The molecule has 110 valence electrons. The second-order valence-electron chi connectivity index (χ2n) is 5.30. The van der Waals surface area contributed by atoms with Crippen molar-refractivity contribution in [1.82, 2.24) is 0 Å². The summed E-state index contributed by atoms with van der Waals surface area (Å²) >= 11 is 0. The Morgan fingerprint density at radius 1 is 0.773 bits per heavy atom. The zero-order chi connectivity index (χ0) is 15.5. The summed E-state index contributed by atoms with van der Waals surface area (Å²) in [6.45, 7) is 2.05. The van der Waals surface area contributed by atoms with Crippen molar-refractivity contribution in [3.63, 3.8) is 0 Å². The Hall–Kier alpha value is -2.74. The van der Waals surface area contributed by atoms with Crippen LogP contribution in [0, 0.1) is 6.92 Å². The highest BCUT2D eigenvalue weighted by Crippen LogP contribution is 2.38. The highest BCUT2D eigenvalue weighted by molar-refractivity contribution is 5.82. The summed E-state index contributed by atoms with van der Waals surface area (Å²) in [5.41, 5.74) is 4.76. The van der Waals surface area contributed by atoms with E-state index in [2.05, 4.69) is 6.07 Å². The summed E-state index contributed by atoms with van der Waals surface area (Å²) in [5, 5.41) is 10.7. The molecule has 3 aromatic carbocycles. The smallest absolute Gasteiger partial charge is 0.131 e. The fourth-order valence-electron chi connectivity index (χ4n) is 2.61. The van der Waals surface area contributed by atoms with Gasteiger partial charge in [0.2, 0.25) is 0 Å². The molecule has 2 nitrogen and oxygen atoms in total. The number of phenolic OH excluding ortho intramolecular Hbond substituents is 1. The average Bonchev–Trinajstić information content (AvgIpc) is 2.55. The largest absolute Gasteiger partial charge is 0.507 e. The number of para-hydroxylation sites is 1. The lowest BCUT2D eigenvalue weighted by Gasteiger charge is -2.11. The van der Waals surface area contributed by atoms with E-state index in [1.807, 2.05) is 67.6 Å². The van der Waals surface area contributed by atoms with Crippen LogP contribution in [0.2, 0.25) is 0 Å². The number of rotatable bonds is 3. The highest BCUT2D eigenvalue weighted by Gasteiger charge is 2.11. The van der Waals surface area contributed by atoms with Gasteiger partial charge in [-0.2, -0.15) is 0 Å². The molecule has 1 N–H and O–H groups in total. The molecule has 0 aliphatic carbocycles. The Balaban J connectivity index is 2.13. The minimum atomic E-state index is 0.293. The van der Waals surface area contributed by atoms with Crippen LogP contribution >= 0.6 is 0 Å². The van der Waals surface area contributed by atoms with E-state index < -0.39 is 0 Å². The molecule has 0 heterocycles. The predicted molar refractivity (Wildman–Crippen MR) is 90.3 cm³/mol. The third kappa shape index (κ3) is 2.68. The van der Waals surface area contributed by atoms with Crippen molar-refractivity contribution in [2.75, 3.05) is 7.11 Å². The van der Waals surface area contributed by atoms with Crippen LogP contribution < -0.4 is 4.74 Å². The first-order valence-corrected chi connectivity index (χ1v) is 7.22. The Morgan fingerprint density at radius 3 is 2.00 bits per heavy atom. The second-order valence-corrected chi connectivity index (χ2v) is 5.30. The molecule has 0 aromatic heterocycles. The first-order chi connectivity index (χ1) is 10.7. The van der Waals surface area contributed by atoms with Gasteiger partial charge in [0.05, 0.1) is 7.11 Å². The van der Waals surface area contributed by atoms with Crippen LogP contribution in [-0.4, -0.2) is 12.2 Å². The molecule has 0 atom stereocenters. The van der Waals surface area contributed by atoms with Crippen LogP contribution in [0.4, 0.5) is 0 Å². The molecule has 0 saturated heterocycles. The molecule has 0 unspecified atom stereocenters. The van der Waals surface area contributed by atoms with Gasteiger partial charge in [-0.1, -0.05) is 60.2 Å². The van der Waals surface area contributed by atoms with Gasteiger partial charge in [-0.25, -0.2) is 0 Å². The Bertz CT molecular complexity index is 806. The summed E-state index contributed by atoms with van der Waals surface area (Å²) in [4.78, 5) is 0. The molecule has 0 amide bonds. The second kappa shape index (κ2) is 5.94. The van der Waals surface area contributed by atoms with Gasteiger partial charge < -0.3 is 9.84 Å². The number of hydrogen-bond acceptors (Lipinski definition) is 2. The summed E-state index contributed by atoms with van der Waals surface area (Å²) in [6.07, 6.45) is 0. The molecule has 0 spiro atoms. The maximum atomic E-state index is 10.7. The number of benzene rings is 3. The number of ether oxygens (including phenoxy) is 1.